The number of aliphatic hydroxyl groups excluding tert-OH is 1. The Bertz CT molecular complexity index is 1280. The number of benzene rings is 2. The SMILES string of the molecule is Cn1nc(-c2cnccn2)nc1-c1ccc([N+](=O)[O-])c(CC(O)c2c(F)cccc2Cl)c1. The zero-order valence-electron chi connectivity index (χ0n) is 16.7. The number of nitrogens with zero attached hydrogens (tertiary/aromatic N) is 6. The van der Waals surface area contributed by atoms with Gasteiger partial charge in [0.1, 0.15) is 11.5 Å². The predicted molar refractivity (Wildman–Crippen MR) is 114 cm³/mol. The van der Waals surface area contributed by atoms with Gasteiger partial charge in [-0.05, 0) is 24.3 Å². The van der Waals surface area contributed by atoms with Gasteiger partial charge in [-0.1, -0.05) is 17.7 Å². The summed E-state index contributed by atoms with van der Waals surface area (Å²) in [4.78, 5) is 23.6. The Morgan fingerprint density at radius 1 is 1.28 bits per heavy atom. The van der Waals surface area contributed by atoms with Crippen molar-refractivity contribution in [2.24, 2.45) is 7.05 Å². The summed E-state index contributed by atoms with van der Waals surface area (Å²) in [6.07, 6.45) is 2.97. The maximum Gasteiger partial charge on any atom is 0.272 e. The molecule has 0 bridgehead atoms. The second kappa shape index (κ2) is 8.77. The normalized spacial score (nSPS) is 12.0. The molecule has 2 aromatic heterocycles. The molecular weight excluding hydrogens is 439 g/mol. The van der Waals surface area contributed by atoms with Gasteiger partial charge in [-0.15, -0.1) is 5.10 Å². The first-order valence-corrected chi connectivity index (χ1v) is 9.80. The molecule has 0 aliphatic rings. The summed E-state index contributed by atoms with van der Waals surface area (Å²) in [6, 6.07) is 8.41. The predicted octanol–water partition coefficient (Wildman–Crippen LogP) is 3.92. The molecule has 1 atom stereocenters. The quantitative estimate of drug-likeness (QED) is 0.346. The molecule has 0 aliphatic heterocycles. The Hall–Kier alpha value is -3.76. The van der Waals surface area contributed by atoms with E-state index in [4.69, 9.17) is 11.6 Å². The number of hydrogen-bond acceptors (Lipinski definition) is 7. The smallest absolute Gasteiger partial charge is 0.272 e. The Morgan fingerprint density at radius 3 is 2.78 bits per heavy atom. The Labute approximate surface area is 186 Å². The lowest BCUT2D eigenvalue weighted by Gasteiger charge is -2.14. The van der Waals surface area contributed by atoms with E-state index in [0.717, 1.165) is 0 Å². The van der Waals surface area contributed by atoms with Crippen molar-refractivity contribution in [2.45, 2.75) is 12.5 Å². The minimum Gasteiger partial charge on any atom is -0.388 e. The van der Waals surface area contributed by atoms with Crippen molar-refractivity contribution in [2.75, 3.05) is 0 Å². The lowest BCUT2D eigenvalue weighted by atomic mass is 9.98. The summed E-state index contributed by atoms with van der Waals surface area (Å²) in [5, 5.41) is 26.5. The Morgan fingerprint density at radius 2 is 2.09 bits per heavy atom. The first-order valence-electron chi connectivity index (χ1n) is 9.42. The molecular formula is C21H16ClFN6O3. The summed E-state index contributed by atoms with van der Waals surface area (Å²) >= 11 is 6.04. The number of rotatable bonds is 6. The number of aromatic nitrogens is 5. The van der Waals surface area contributed by atoms with Gasteiger partial charge in [0.05, 0.1) is 17.2 Å². The molecule has 1 unspecified atom stereocenters. The number of hydrogen-bond donors (Lipinski definition) is 1. The molecule has 0 amide bonds. The van der Waals surface area contributed by atoms with E-state index < -0.39 is 16.8 Å². The highest BCUT2D eigenvalue weighted by Crippen LogP contribution is 2.33. The van der Waals surface area contributed by atoms with Crippen LogP contribution in [0, 0.1) is 15.9 Å². The van der Waals surface area contributed by atoms with Gasteiger partial charge < -0.3 is 5.11 Å². The van der Waals surface area contributed by atoms with Crippen LogP contribution in [0.25, 0.3) is 22.9 Å². The van der Waals surface area contributed by atoms with E-state index in [2.05, 4.69) is 20.1 Å². The maximum absolute atomic E-state index is 14.2. The van der Waals surface area contributed by atoms with Crippen molar-refractivity contribution in [3.8, 4) is 22.9 Å². The molecule has 0 fully saturated rings. The summed E-state index contributed by atoms with van der Waals surface area (Å²) in [7, 11) is 1.68. The molecule has 0 saturated carbocycles. The maximum atomic E-state index is 14.2. The molecule has 0 spiro atoms. The van der Waals surface area contributed by atoms with Crippen LogP contribution < -0.4 is 0 Å². The van der Waals surface area contributed by atoms with Gasteiger partial charge in [0.25, 0.3) is 5.69 Å². The standard InChI is InChI=1S/C21H16ClFN6O3/c1-28-21(26-20(27-28)16-11-24-7-8-25-16)12-5-6-17(29(31)32)13(9-12)10-18(30)19-14(22)3-2-4-15(19)23/h2-9,11,18,30H,10H2,1H3. The zero-order valence-corrected chi connectivity index (χ0v) is 17.4. The summed E-state index contributed by atoms with van der Waals surface area (Å²) in [5.41, 5.74) is 0.876. The highest BCUT2D eigenvalue weighted by molar-refractivity contribution is 6.31. The molecule has 162 valence electrons. The van der Waals surface area contributed by atoms with Crippen LogP contribution in [0.4, 0.5) is 10.1 Å². The number of halogens is 2. The lowest BCUT2D eigenvalue weighted by molar-refractivity contribution is -0.385. The van der Waals surface area contributed by atoms with Crippen LogP contribution in [-0.4, -0.2) is 34.8 Å². The highest BCUT2D eigenvalue weighted by atomic mass is 35.5. The Kier molecular flexibility index (Phi) is 5.89. The van der Waals surface area contributed by atoms with Crippen LogP contribution in [-0.2, 0) is 13.5 Å². The molecule has 11 heteroatoms. The van der Waals surface area contributed by atoms with Gasteiger partial charge in [0, 0.05) is 53.6 Å². The van der Waals surface area contributed by atoms with Crippen LogP contribution in [0.1, 0.15) is 17.2 Å². The van der Waals surface area contributed by atoms with Gasteiger partial charge in [-0.25, -0.2) is 19.0 Å². The van der Waals surface area contributed by atoms with Crippen LogP contribution in [0.2, 0.25) is 5.02 Å². The minimum absolute atomic E-state index is 0.0400. The van der Waals surface area contributed by atoms with Gasteiger partial charge in [-0.2, -0.15) is 0 Å². The largest absolute Gasteiger partial charge is 0.388 e. The molecule has 2 heterocycles. The van der Waals surface area contributed by atoms with Crippen LogP contribution in [0.5, 0.6) is 0 Å². The third-order valence-electron chi connectivity index (χ3n) is 4.84. The van der Waals surface area contributed by atoms with E-state index in [1.807, 2.05) is 0 Å². The van der Waals surface area contributed by atoms with Crippen molar-refractivity contribution >= 4 is 17.3 Å². The third kappa shape index (κ3) is 4.18. The molecule has 0 aliphatic carbocycles. The first-order chi connectivity index (χ1) is 15.3. The number of aliphatic hydroxyl groups is 1. The second-order valence-electron chi connectivity index (χ2n) is 6.93. The Balaban J connectivity index is 1.73. The van der Waals surface area contributed by atoms with Crippen molar-refractivity contribution in [1.29, 1.82) is 0 Å². The van der Waals surface area contributed by atoms with Crippen LogP contribution >= 0.6 is 11.6 Å². The van der Waals surface area contributed by atoms with Gasteiger partial charge >= 0.3 is 0 Å². The number of nitro groups is 1. The molecule has 1 N–H and O–H groups in total. The molecule has 4 aromatic rings. The number of nitro benzene ring substituents is 1. The molecule has 32 heavy (non-hydrogen) atoms. The van der Waals surface area contributed by atoms with Crippen molar-refractivity contribution in [1.82, 2.24) is 24.7 Å². The summed E-state index contributed by atoms with van der Waals surface area (Å²) in [6.45, 7) is 0. The fourth-order valence-electron chi connectivity index (χ4n) is 3.36. The topological polar surface area (TPSA) is 120 Å². The zero-order chi connectivity index (χ0) is 22.8. The molecule has 2 aromatic carbocycles. The molecule has 0 saturated heterocycles. The van der Waals surface area contributed by atoms with Gasteiger partial charge in [0.2, 0.25) is 5.82 Å². The average molecular weight is 455 g/mol. The van der Waals surface area contributed by atoms with Crippen molar-refractivity contribution in [3.63, 3.8) is 0 Å². The van der Waals surface area contributed by atoms with Crippen LogP contribution in [0.15, 0.2) is 55.0 Å². The first kappa shape index (κ1) is 21.5. The van der Waals surface area contributed by atoms with Crippen LogP contribution in [0.3, 0.4) is 0 Å². The second-order valence-corrected chi connectivity index (χ2v) is 7.34. The van der Waals surface area contributed by atoms with E-state index in [0.29, 0.717) is 22.9 Å². The molecule has 4 rings (SSSR count). The average Bonchev–Trinajstić information content (AvgIpc) is 3.15. The van der Waals surface area contributed by atoms with E-state index >= 15 is 0 Å². The highest BCUT2D eigenvalue weighted by Gasteiger charge is 2.23. The molecule has 0 radical (unpaired) electrons. The molecule has 9 nitrogen and oxygen atoms in total. The third-order valence-corrected chi connectivity index (χ3v) is 5.17. The van der Waals surface area contributed by atoms with E-state index in [1.54, 1.807) is 7.05 Å². The van der Waals surface area contributed by atoms with Gasteiger partial charge in [-0.3, -0.25) is 15.1 Å². The van der Waals surface area contributed by atoms with E-state index in [9.17, 15) is 19.6 Å². The van der Waals surface area contributed by atoms with E-state index in [1.165, 1.54) is 59.7 Å². The summed E-state index contributed by atoms with van der Waals surface area (Å²) < 4.78 is 15.7. The van der Waals surface area contributed by atoms with Crippen molar-refractivity contribution < 1.29 is 14.4 Å². The van der Waals surface area contributed by atoms with Crippen molar-refractivity contribution in [3.05, 3.63) is 87.1 Å². The van der Waals surface area contributed by atoms with E-state index in [-0.39, 0.29) is 28.3 Å². The number of aryl methyl sites for hydroxylation is 1. The van der Waals surface area contributed by atoms with Gasteiger partial charge in [0.15, 0.2) is 5.82 Å². The fourth-order valence-corrected chi connectivity index (χ4v) is 3.65. The minimum atomic E-state index is -1.38. The summed E-state index contributed by atoms with van der Waals surface area (Å²) in [5.74, 6) is 0.0830. The lowest BCUT2D eigenvalue weighted by Crippen LogP contribution is -2.08. The monoisotopic (exact) mass is 454 g/mol. The fraction of sp³-hybridized carbons (Fsp3) is 0.143.